The number of hydrogen-bond acceptors (Lipinski definition) is 2. The molecule has 1 rings (SSSR count). The van der Waals surface area contributed by atoms with Gasteiger partial charge in [0.1, 0.15) is 0 Å². The maximum atomic E-state index is 11.9. The molecule has 0 aromatic carbocycles. The topological polar surface area (TPSA) is 40.5 Å². The summed E-state index contributed by atoms with van der Waals surface area (Å²) in [6.45, 7) is 6.70. The summed E-state index contributed by atoms with van der Waals surface area (Å²) in [6.07, 6.45) is 4.21. The average Bonchev–Trinajstić information content (AvgIpc) is 2.39. The normalized spacial score (nSPS) is 24.5. The third-order valence-electron chi connectivity index (χ3n) is 3.15. The summed E-state index contributed by atoms with van der Waals surface area (Å²) in [7, 11) is 0. The van der Waals surface area contributed by atoms with Gasteiger partial charge >= 0.3 is 0 Å². The van der Waals surface area contributed by atoms with E-state index in [1.54, 1.807) is 0 Å². The van der Waals surface area contributed by atoms with Crippen molar-refractivity contribution in [2.24, 2.45) is 0 Å². The van der Waals surface area contributed by atoms with Crippen molar-refractivity contribution in [3.8, 4) is 0 Å². The van der Waals surface area contributed by atoms with E-state index in [4.69, 9.17) is 0 Å². The van der Waals surface area contributed by atoms with Crippen molar-refractivity contribution in [3.63, 3.8) is 0 Å². The van der Waals surface area contributed by atoms with Gasteiger partial charge in [-0.1, -0.05) is 19.8 Å². The number of hydrogen-bond donors (Lipinski definition) is 1. The molecule has 0 spiro atoms. The van der Waals surface area contributed by atoms with Crippen LogP contribution in [0.4, 0.5) is 0 Å². The molecule has 0 radical (unpaired) electrons. The number of β-amino-alcohol motifs (C(OH)–C–C–N with tert-alkyl or cyclic N) is 1. The standard InChI is InChI=1S/C12H23NO2/c1-4-5-6-7-11(15)13-9-10(14)8-12(13,2)3/h10,14H,4-9H2,1-3H3. The summed E-state index contributed by atoms with van der Waals surface area (Å²) in [4.78, 5) is 13.7. The summed E-state index contributed by atoms with van der Waals surface area (Å²) in [5, 5.41) is 9.56. The number of nitrogens with zero attached hydrogens (tertiary/aromatic N) is 1. The zero-order valence-electron chi connectivity index (χ0n) is 10.1. The summed E-state index contributed by atoms with van der Waals surface area (Å²) in [6, 6.07) is 0. The van der Waals surface area contributed by atoms with Crippen molar-refractivity contribution < 1.29 is 9.90 Å². The Morgan fingerprint density at radius 3 is 2.60 bits per heavy atom. The molecule has 1 amide bonds. The van der Waals surface area contributed by atoms with E-state index in [2.05, 4.69) is 6.92 Å². The second kappa shape index (κ2) is 4.97. The molecule has 0 aromatic heterocycles. The minimum Gasteiger partial charge on any atom is -0.391 e. The molecule has 1 heterocycles. The molecule has 1 fully saturated rings. The highest BCUT2D eigenvalue weighted by Gasteiger charge is 2.39. The predicted molar refractivity (Wildman–Crippen MR) is 60.6 cm³/mol. The van der Waals surface area contributed by atoms with Gasteiger partial charge in [0.15, 0.2) is 0 Å². The molecule has 1 aliphatic heterocycles. The van der Waals surface area contributed by atoms with E-state index >= 15 is 0 Å². The van der Waals surface area contributed by atoms with Crippen LogP contribution in [-0.4, -0.2) is 34.1 Å². The third-order valence-corrected chi connectivity index (χ3v) is 3.15. The van der Waals surface area contributed by atoms with Gasteiger partial charge in [0.2, 0.25) is 5.91 Å². The number of rotatable bonds is 4. The lowest BCUT2D eigenvalue weighted by Gasteiger charge is -2.31. The lowest BCUT2D eigenvalue weighted by atomic mass is 10.0. The smallest absolute Gasteiger partial charge is 0.223 e. The number of amides is 1. The van der Waals surface area contributed by atoms with Crippen molar-refractivity contribution in [1.29, 1.82) is 0 Å². The van der Waals surface area contributed by atoms with Crippen LogP contribution >= 0.6 is 0 Å². The number of unbranched alkanes of at least 4 members (excludes halogenated alkanes) is 2. The number of aliphatic hydroxyl groups excluding tert-OH is 1. The van der Waals surface area contributed by atoms with Crippen molar-refractivity contribution >= 4 is 5.91 Å². The first kappa shape index (κ1) is 12.5. The van der Waals surface area contributed by atoms with E-state index in [0.717, 1.165) is 19.3 Å². The quantitative estimate of drug-likeness (QED) is 0.725. The second-order valence-corrected chi connectivity index (χ2v) is 5.13. The van der Waals surface area contributed by atoms with Crippen LogP contribution in [0.1, 0.15) is 52.9 Å². The maximum absolute atomic E-state index is 11.9. The molecule has 1 unspecified atom stereocenters. The lowest BCUT2D eigenvalue weighted by Crippen LogP contribution is -2.42. The molecule has 3 nitrogen and oxygen atoms in total. The largest absolute Gasteiger partial charge is 0.391 e. The van der Waals surface area contributed by atoms with Gasteiger partial charge in [-0.3, -0.25) is 4.79 Å². The van der Waals surface area contributed by atoms with Gasteiger partial charge in [-0.15, -0.1) is 0 Å². The molecule has 3 heteroatoms. The maximum Gasteiger partial charge on any atom is 0.223 e. The highest BCUT2D eigenvalue weighted by Crippen LogP contribution is 2.29. The van der Waals surface area contributed by atoms with Crippen molar-refractivity contribution in [1.82, 2.24) is 4.90 Å². The minimum atomic E-state index is -0.338. The lowest BCUT2D eigenvalue weighted by molar-refractivity contribution is -0.134. The molecule has 1 atom stereocenters. The fraction of sp³-hybridized carbons (Fsp3) is 0.917. The summed E-state index contributed by atoms with van der Waals surface area (Å²) in [5.74, 6) is 0.199. The first-order valence-electron chi connectivity index (χ1n) is 5.96. The average molecular weight is 213 g/mol. The fourth-order valence-corrected chi connectivity index (χ4v) is 2.31. The minimum absolute atomic E-state index is 0.164. The molecule has 15 heavy (non-hydrogen) atoms. The monoisotopic (exact) mass is 213 g/mol. The molecular formula is C12H23NO2. The Bertz CT molecular complexity index is 226. The van der Waals surface area contributed by atoms with E-state index < -0.39 is 0 Å². The Morgan fingerprint density at radius 1 is 1.47 bits per heavy atom. The van der Waals surface area contributed by atoms with Crippen LogP contribution in [0.2, 0.25) is 0 Å². The molecule has 0 aromatic rings. The zero-order chi connectivity index (χ0) is 11.5. The third kappa shape index (κ3) is 3.20. The highest BCUT2D eigenvalue weighted by atomic mass is 16.3. The van der Waals surface area contributed by atoms with Crippen LogP contribution in [-0.2, 0) is 4.79 Å². The van der Waals surface area contributed by atoms with Gasteiger partial charge in [-0.2, -0.15) is 0 Å². The van der Waals surface area contributed by atoms with Crippen LogP contribution in [0.25, 0.3) is 0 Å². The first-order valence-corrected chi connectivity index (χ1v) is 5.96. The highest BCUT2D eigenvalue weighted by molar-refractivity contribution is 5.77. The Kier molecular flexibility index (Phi) is 4.14. The van der Waals surface area contributed by atoms with Gasteiger partial charge in [-0.25, -0.2) is 0 Å². The molecule has 1 N–H and O–H groups in total. The molecule has 88 valence electrons. The molecule has 1 aliphatic rings. The van der Waals surface area contributed by atoms with Gasteiger partial charge in [0.05, 0.1) is 6.10 Å². The molecule has 0 bridgehead atoms. The SMILES string of the molecule is CCCCCC(=O)N1CC(O)CC1(C)C. The van der Waals surface area contributed by atoms with Gasteiger partial charge < -0.3 is 10.0 Å². The number of aliphatic hydroxyl groups is 1. The molecule has 1 saturated heterocycles. The van der Waals surface area contributed by atoms with E-state index in [9.17, 15) is 9.90 Å². The van der Waals surface area contributed by atoms with E-state index in [-0.39, 0.29) is 17.6 Å². The van der Waals surface area contributed by atoms with E-state index in [1.807, 2.05) is 18.7 Å². The first-order chi connectivity index (χ1) is 6.97. The predicted octanol–water partition coefficient (Wildman–Crippen LogP) is 1.94. The second-order valence-electron chi connectivity index (χ2n) is 5.13. The van der Waals surface area contributed by atoms with Crippen LogP contribution < -0.4 is 0 Å². The Hall–Kier alpha value is -0.570. The number of likely N-dealkylation sites (tertiary alicyclic amines) is 1. The van der Waals surface area contributed by atoms with Crippen molar-refractivity contribution in [2.45, 2.75) is 64.5 Å². The van der Waals surface area contributed by atoms with Crippen LogP contribution in [0, 0.1) is 0 Å². The van der Waals surface area contributed by atoms with Crippen LogP contribution in [0.15, 0.2) is 0 Å². The summed E-state index contributed by atoms with van der Waals surface area (Å²) < 4.78 is 0. The zero-order valence-corrected chi connectivity index (χ0v) is 10.1. The van der Waals surface area contributed by atoms with E-state index in [1.165, 1.54) is 0 Å². The molecular weight excluding hydrogens is 190 g/mol. The van der Waals surface area contributed by atoms with Crippen LogP contribution in [0.3, 0.4) is 0 Å². The Balaban J connectivity index is 2.45. The fourth-order valence-electron chi connectivity index (χ4n) is 2.31. The molecule has 0 aliphatic carbocycles. The van der Waals surface area contributed by atoms with Gasteiger partial charge in [0, 0.05) is 18.5 Å². The number of carbonyl (C=O) groups is 1. The number of carbonyl (C=O) groups excluding carboxylic acids is 1. The Labute approximate surface area is 92.5 Å². The van der Waals surface area contributed by atoms with Gasteiger partial charge in [-0.05, 0) is 26.7 Å². The summed E-state index contributed by atoms with van der Waals surface area (Å²) >= 11 is 0. The van der Waals surface area contributed by atoms with Gasteiger partial charge in [0.25, 0.3) is 0 Å². The van der Waals surface area contributed by atoms with E-state index in [0.29, 0.717) is 19.4 Å². The molecule has 0 saturated carbocycles. The summed E-state index contributed by atoms with van der Waals surface area (Å²) in [5.41, 5.74) is -0.164. The van der Waals surface area contributed by atoms with Crippen molar-refractivity contribution in [3.05, 3.63) is 0 Å². The Morgan fingerprint density at radius 2 is 2.13 bits per heavy atom. The van der Waals surface area contributed by atoms with Crippen LogP contribution in [0.5, 0.6) is 0 Å². The van der Waals surface area contributed by atoms with Crippen molar-refractivity contribution in [2.75, 3.05) is 6.54 Å².